The number of hydrogen-bond donors (Lipinski definition) is 3. The van der Waals surface area contributed by atoms with E-state index in [1.54, 1.807) is 0 Å². The molecule has 1 atom stereocenters. The Balaban J connectivity index is 2.12. The van der Waals surface area contributed by atoms with Crippen LogP contribution in [0.3, 0.4) is 0 Å². The lowest BCUT2D eigenvalue weighted by atomic mass is 10.4. The fraction of sp³-hybridized carbons (Fsp3) is 1.00. The highest BCUT2D eigenvalue weighted by Crippen LogP contribution is 1.88. The summed E-state index contributed by atoms with van der Waals surface area (Å²) < 4.78 is 0. The molecule has 2 N–H and O–H groups in total. The summed E-state index contributed by atoms with van der Waals surface area (Å²) in [6.07, 6.45) is 0. The van der Waals surface area contributed by atoms with Gasteiger partial charge in [-0.1, -0.05) is 0 Å². The fourth-order valence-electron chi connectivity index (χ4n) is 0.638. The first-order valence-corrected chi connectivity index (χ1v) is 3.03. The van der Waals surface area contributed by atoms with Crippen LogP contribution in [-0.2, 0) is 0 Å². The quantitative estimate of drug-likeness (QED) is 0.371. The van der Waals surface area contributed by atoms with E-state index in [0.717, 1.165) is 19.6 Å². The van der Waals surface area contributed by atoms with Crippen molar-refractivity contribution in [1.29, 1.82) is 0 Å². The van der Waals surface area contributed by atoms with Crippen molar-refractivity contribution in [2.24, 2.45) is 0 Å². The highest BCUT2D eigenvalue weighted by molar-refractivity contribution is 7.80. The standard InChI is InChI=1S/C4H10N2S/c7-4-3-5-1-2-6-4/h4-7H,1-3H2. The Hall–Kier alpha value is 0.270. The SMILES string of the molecule is SC1CNCCN1. The molecule has 1 unspecified atom stereocenters. The van der Waals surface area contributed by atoms with Gasteiger partial charge in [-0.2, -0.15) is 12.6 Å². The zero-order valence-corrected chi connectivity index (χ0v) is 5.04. The third kappa shape index (κ3) is 1.67. The van der Waals surface area contributed by atoms with Crippen LogP contribution in [0.15, 0.2) is 0 Å². The molecule has 1 aliphatic rings. The third-order valence-electron chi connectivity index (χ3n) is 1.02. The Kier molecular flexibility index (Phi) is 1.97. The Labute approximate surface area is 49.1 Å². The molecule has 1 rings (SSSR count). The van der Waals surface area contributed by atoms with Gasteiger partial charge in [-0.3, -0.25) is 0 Å². The molecule has 0 bridgehead atoms. The van der Waals surface area contributed by atoms with Crippen molar-refractivity contribution in [3.63, 3.8) is 0 Å². The van der Waals surface area contributed by atoms with E-state index < -0.39 is 0 Å². The summed E-state index contributed by atoms with van der Waals surface area (Å²) >= 11 is 4.19. The Morgan fingerprint density at radius 1 is 1.43 bits per heavy atom. The minimum atomic E-state index is 0.369. The molecule has 42 valence electrons. The molecule has 1 fully saturated rings. The predicted molar refractivity (Wildman–Crippen MR) is 33.6 cm³/mol. The van der Waals surface area contributed by atoms with E-state index in [-0.39, 0.29) is 0 Å². The fourth-order valence-corrected chi connectivity index (χ4v) is 0.896. The largest absolute Gasteiger partial charge is 0.313 e. The number of nitrogens with one attached hydrogen (secondary N) is 2. The molecule has 0 radical (unpaired) electrons. The van der Waals surface area contributed by atoms with Crippen molar-refractivity contribution in [2.45, 2.75) is 5.37 Å². The van der Waals surface area contributed by atoms with E-state index >= 15 is 0 Å². The number of rotatable bonds is 0. The average Bonchev–Trinajstić information content (AvgIpc) is 1.69. The van der Waals surface area contributed by atoms with Gasteiger partial charge in [0.05, 0.1) is 5.37 Å². The van der Waals surface area contributed by atoms with Crippen molar-refractivity contribution in [3.8, 4) is 0 Å². The van der Waals surface area contributed by atoms with Gasteiger partial charge in [0.25, 0.3) is 0 Å². The lowest BCUT2D eigenvalue weighted by Gasteiger charge is -2.19. The van der Waals surface area contributed by atoms with Crippen molar-refractivity contribution < 1.29 is 0 Å². The first-order valence-electron chi connectivity index (χ1n) is 2.52. The molecule has 0 aromatic heterocycles. The van der Waals surface area contributed by atoms with Gasteiger partial charge in [-0.15, -0.1) is 0 Å². The molecule has 2 nitrogen and oxygen atoms in total. The predicted octanol–water partition coefficient (Wildman–Crippen LogP) is -0.565. The molecule has 0 amide bonds. The molecular weight excluding hydrogens is 108 g/mol. The van der Waals surface area contributed by atoms with Crippen LogP contribution in [0.25, 0.3) is 0 Å². The maximum atomic E-state index is 4.19. The monoisotopic (exact) mass is 118 g/mol. The molecule has 0 aliphatic carbocycles. The lowest BCUT2D eigenvalue weighted by molar-refractivity contribution is 0.509. The van der Waals surface area contributed by atoms with Gasteiger partial charge in [0, 0.05) is 19.6 Å². The molecular formula is C4H10N2S. The van der Waals surface area contributed by atoms with Crippen LogP contribution in [0.5, 0.6) is 0 Å². The second-order valence-electron chi connectivity index (χ2n) is 1.67. The molecule has 7 heavy (non-hydrogen) atoms. The average molecular weight is 118 g/mol. The van der Waals surface area contributed by atoms with Crippen LogP contribution >= 0.6 is 12.6 Å². The first-order chi connectivity index (χ1) is 3.39. The van der Waals surface area contributed by atoms with Gasteiger partial charge in [0.2, 0.25) is 0 Å². The van der Waals surface area contributed by atoms with E-state index in [4.69, 9.17) is 0 Å². The maximum absolute atomic E-state index is 4.19. The molecule has 1 aliphatic heterocycles. The van der Waals surface area contributed by atoms with Gasteiger partial charge < -0.3 is 10.6 Å². The lowest BCUT2D eigenvalue weighted by Crippen LogP contribution is -2.45. The molecule has 0 spiro atoms. The smallest absolute Gasteiger partial charge is 0.0629 e. The van der Waals surface area contributed by atoms with Gasteiger partial charge in [-0.25, -0.2) is 0 Å². The molecule has 0 saturated carbocycles. The van der Waals surface area contributed by atoms with Gasteiger partial charge in [0.1, 0.15) is 0 Å². The number of piperazine rings is 1. The summed E-state index contributed by atoms with van der Waals surface area (Å²) in [5, 5.41) is 6.75. The van der Waals surface area contributed by atoms with Crippen molar-refractivity contribution in [3.05, 3.63) is 0 Å². The van der Waals surface area contributed by atoms with Crippen LogP contribution in [0.2, 0.25) is 0 Å². The van der Waals surface area contributed by atoms with E-state index in [0.29, 0.717) is 5.37 Å². The van der Waals surface area contributed by atoms with E-state index in [1.807, 2.05) is 0 Å². The number of thiol groups is 1. The van der Waals surface area contributed by atoms with Crippen LogP contribution < -0.4 is 10.6 Å². The molecule has 1 heterocycles. The van der Waals surface area contributed by atoms with Crippen molar-refractivity contribution in [2.75, 3.05) is 19.6 Å². The van der Waals surface area contributed by atoms with Crippen molar-refractivity contribution >= 4 is 12.6 Å². The third-order valence-corrected chi connectivity index (χ3v) is 1.38. The first kappa shape index (κ1) is 5.41. The highest BCUT2D eigenvalue weighted by Gasteiger charge is 2.04. The van der Waals surface area contributed by atoms with Crippen LogP contribution in [0.1, 0.15) is 0 Å². The summed E-state index contributed by atoms with van der Waals surface area (Å²) in [6.45, 7) is 3.12. The zero-order valence-electron chi connectivity index (χ0n) is 4.15. The Morgan fingerprint density at radius 3 is 2.57 bits per heavy atom. The molecule has 3 heteroatoms. The minimum absolute atomic E-state index is 0.369. The van der Waals surface area contributed by atoms with E-state index in [9.17, 15) is 0 Å². The molecule has 1 saturated heterocycles. The maximum Gasteiger partial charge on any atom is 0.0629 e. The Morgan fingerprint density at radius 2 is 2.29 bits per heavy atom. The molecule has 0 aromatic rings. The van der Waals surface area contributed by atoms with Crippen LogP contribution in [0, 0.1) is 0 Å². The summed E-state index contributed by atoms with van der Waals surface area (Å²) in [5.41, 5.74) is 0. The van der Waals surface area contributed by atoms with Gasteiger partial charge in [0.15, 0.2) is 0 Å². The second kappa shape index (κ2) is 2.55. The van der Waals surface area contributed by atoms with E-state index in [2.05, 4.69) is 23.3 Å². The highest BCUT2D eigenvalue weighted by atomic mass is 32.1. The van der Waals surface area contributed by atoms with Crippen LogP contribution in [-0.4, -0.2) is 25.0 Å². The Bertz CT molecular complexity index is 51.7. The normalized spacial score (nSPS) is 33.0. The zero-order chi connectivity index (χ0) is 5.11. The van der Waals surface area contributed by atoms with Gasteiger partial charge in [-0.05, 0) is 0 Å². The minimum Gasteiger partial charge on any atom is -0.313 e. The summed E-state index contributed by atoms with van der Waals surface area (Å²) in [7, 11) is 0. The summed E-state index contributed by atoms with van der Waals surface area (Å²) in [6, 6.07) is 0. The van der Waals surface area contributed by atoms with Gasteiger partial charge >= 0.3 is 0 Å². The second-order valence-corrected chi connectivity index (χ2v) is 2.30. The summed E-state index contributed by atoms with van der Waals surface area (Å²) in [5.74, 6) is 0. The number of hydrogen-bond acceptors (Lipinski definition) is 3. The topological polar surface area (TPSA) is 24.1 Å². The molecule has 0 aromatic carbocycles. The van der Waals surface area contributed by atoms with E-state index in [1.165, 1.54) is 0 Å². The van der Waals surface area contributed by atoms with Crippen LogP contribution in [0.4, 0.5) is 0 Å². The summed E-state index contributed by atoms with van der Waals surface area (Å²) in [4.78, 5) is 0. The van der Waals surface area contributed by atoms with Crippen molar-refractivity contribution in [1.82, 2.24) is 10.6 Å².